The van der Waals surface area contributed by atoms with Gasteiger partial charge in [0.25, 0.3) is 0 Å². The van der Waals surface area contributed by atoms with E-state index in [2.05, 4.69) is 10.6 Å². The first-order valence-electron chi connectivity index (χ1n) is 3.69. The van der Waals surface area contributed by atoms with E-state index in [9.17, 15) is 4.79 Å². The highest BCUT2D eigenvalue weighted by Crippen LogP contribution is 1.76. The second-order valence-electron chi connectivity index (χ2n) is 2.13. The summed E-state index contributed by atoms with van der Waals surface area (Å²) in [4.78, 5) is 10.9. The van der Waals surface area contributed by atoms with E-state index in [0.29, 0.717) is 26.1 Å². The molecule has 1 amide bonds. The lowest BCUT2D eigenvalue weighted by atomic mass is 10.4. The number of methoxy groups -OCH3 is 1. The molecule has 0 saturated heterocycles. The predicted molar refractivity (Wildman–Crippen MR) is 43.1 cm³/mol. The summed E-state index contributed by atoms with van der Waals surface area (Å²) in [5.41, 5.74) is 0. The maximum absolute atomic E-state index is 10.9. The van der Waals surface area contributed by atoms with Gasteiger partial charge >= 0.3 is 0 Å². The average Bonchev–Trinajstić information content (AvgIpc) is 2.06. The number of amides is 1. The highest BCUT2D eigenvalue weighted by Gasteiger charge is 1.97. The fraction of sp³-hybridized carbons (Fsp3) is 0.714. The molecule has 0 aliphatic carbocycles. The Morgan fingerprint density at radius 3 is 2.92 bits per heavy atom. The van der Waals surface area contributed by atoms with Crippen LogP contribution in [0.25, 0.3) is 0 Å². The van der Waals surface area contributed by atoms with Crippen molar-refractivity contribution in [2.75, 3.05) is 26.8 Å². The van der Waals surface area contributed by atoms with Crippen LogP contribution in [0.1, 0.15) is 6.42 Å². The summed E-state index contributed by atoms with van der Waals surface area (Å²) >= 11 is 0. The molecule has 68 valence electrons. The molecule has 0 saturated carbocycles. The van der Waals surface area contributed by atoms with Crippen molar-refractivity contribution in [3.63, 3.8) is 0 Å². The highest BCUT2D eigenvalue weighted by atomic mass is 16.5. The standard InChI is InChI=1S/C7H13N3O2/c1-12-5-4-10-7(11)2-3-9-6-8/h9H,2-5H2,1H3,(H,10,11). The van der Waals surface area contributed by atoms with Crippen LogP contribution in [0.4, 0.5) is 0 Å². The molecule has 0 rings (SSSR count). The fourth-order valence-electron chi connectivity index (χ4n) is 0.613. The zero-order valence-electron chi connectivity index (χ0n) is 7.09. The average molecular weight is 171 g/mol. The fourth-order valence-corrected chi connectivity index (χ4v) is 0.613. The van der Waals surface area contributed by atoms with Gasteiger partial charge in [0.15, 0.2) is 6.19 Å². The predicted octanol–water partition coefficient (Wildman–Crippen LogP) is -0.790. The van der Waals surface area contributed by atoms with Gasteiger partial charge in [0, 0.05) is 26.6 Å². The monoisotopic (exact) mass is 171 g/mol. The number of nitrogens with zero attached hydrogens (tertiary/aromatic N) is 1. The maximum Gasteiger partial charge on any atom is 0.221 e. The van der Waals surface area contributed by atoms with Gasteiger partial charge in [0.2, 0.25) is 5.91 Å². The van der Waals surface area contributed by atoms with Crippen LogP contribution >= 0.6 is 0 Å². The molecule has 0 aliphatic rings. The van der Waals surface area contributed by atoms with Gasteiger partial charge < -0.3 is 15.4 Å². The Balaban J connectivity index is 3.17. The van der Waals surface area contributed by atoms with Crippen molar-refractivity contribution in [2.45, 2.75) is 6.42 Å². The van der Waals surface area contributed by atoms with Crippen molar-refractivity contribution < 1.29 is 9.53 Å². The number of nitrogens with one attached hydrogen (secondary N) is 2. The molecule has 0 unspecified atom stereocenters. The number of ether oxygens (including phenoxy) is 1. The van der Waals surface area contributed by atoms with Gasteiger partial charge in [-0.05, 0) is 0 Å². The minimum absolute atomic E-state index is 0.0743. The number of carbonyl (C=O) groups is 1. The van der Waals surface area contributed by atoms with Gasteiger partial charge in [0.05, 0.1) is 6.61 Å². The van der Waals surface area contributed by atoms with Crippen LogP contribution in [0.3, 0.4) is 0 Å². The molecule has 0 spiro atoms. The molecule has 0 aromatic carbocycles. The van der Waals surface area contributed by atoms with Crippen molar-refractivity contribution in [3.8, 4) is 6.19 Å². The van der Waals surface area contributed by atoms with Crippen molar-refractivity contribution >= 4 is 5.91 Å². The molecule has 2 N–H and O–H groups in total. The molecule has 0 atom stereocenters. The molecule has 12 heavy (non-hydrogen) atoms. The molecule has 0 aromatic rings. The minimum atomic E-state index is -0.0743. The smallest absolute Gasteiger partial charge is 0.221 e. The molecule has 0 heterocycles. The largest absolute Gasteiger partial charge is 0.383 e. The Morgan fingerprint density at radius 1 is 1.58 bits per heavy atom. The number of hydrogen-bond donors (Lipinski definition) is 2. The molecular formula is C7H13N3O2. The first-order chi connectivity index (χ1) is 5.81. The van der Waals surface area contributed by atoms with Crippen LogP contribution < -0.4 is 10.6 Å². The first kappa shape index (κ1) is 10.7. The molecule has 0 aliphatic heterocycles. The summed E-state index contributed by atoms with van der Waals surface area (Å²) in [6.07, 6.45) is 2.05. The molecule has 5 heteroatoms. The second-order valence-corrected chi connectivity index (χ2v) is 2.13. The summed E-state index contributed by atoms with van der Waals surface area (Å²) in [5, 5.41) is 13.1. The third-order valence-electron chi connectivity index (χ3n) is 1.18. The maximum atomic E-state index is 10.9. The van der Waals surface area contributed by atoms with Crippen molar-refractivity contribution in [2.24, 2.45) is 0 Å². The molecule has 0 aromatic heterocycles. The lowest BCUT2D eigenvalue weighted by Crippen LogP contribution is -2.29. The summed E-state index contributed by atoms with van der Waals surface area (Å²) in [6, 6.07) is 0. The van der Waals surface area contributed by atoms with Crippen LogP contribution in [0.15, 0.2) is 0 Å². The van der Waals surface area contributed by atoms with Gasteiger partial charge in [0.1, 0.15) is 0 Å². The number of carbonyl (C=O) groups excluding carboxylic acids is 1. The van der Waals surface area contributed by atoms with Crippen LogP contribution in [0, 0.1) is 11.5 Å². The molecule has 5 nitrogen and oxygen atoms in total. The van der Waals surface area contributed by atoms with Crippen LogP contribution in [-0.2, 0) is 9.53 Å². The Hall–Kier alpha value is -1.28. The first-order valence-corrected chi connectivity index (χ1v) is 3.69. The van der Waals surface area contributed by atoms with Crippen molar-refractivity contribution in [1.82, 2.24) is 10.6 Å². The van der Waals surface area contributed by atoms with Crippen LogP contribution in [-0.4, -0.2) is 32.7 Å². The minimum Gasteiger partial charge on any atom is -0.383 e. The molecule has 0 radical (unpaired) electrons. The third kappa shape index (κ3) is 6.83. The Labute approximate surface area is 71.7 Å². The van der Waals surface area contributed by atoms with E-state index in [1.54, 1.807) is 13.3 Å². The number of hydrogen-bond acceptors (Lipinski definition) is 4. The van der Waals surface area contributed by atoms with Crippen LogP contribution in [0.2, 0.25) is 0 Å². The molecule has 0 fully saturated rings. The van der Waals surface area contributed by atoms with Gasteiger partial charge in [-0.15, -0.1) is 0 Å². The van der Waals surface area contributed by atoms with E-state index >= 15 is 0 Å². The Morgan fingerprint density at radius 2 is 2.33 bits per heavy atom. The molecular weight excluding hydrogens is 158 g/mol. The summed E-state index contributed by atoms with van der Waals surface area (Å²) in [7, 11) is 1.57. The lowest BCUT2D eigenvalue weighted by Gasteiger charge is -2.02. The number of nitriles is 1. The van der Waals surface area contributed by atoms with E-state index in [4.69, 9.17) is 10.00 Å². The number of rotatable bonds is 6. The van der Waals surface area contributed by atoms with Gasteiger partial charge in [-0.1, -0.05) is 0 Å². The summed E-state index contributed by atoms with van der Waals surface area (Å²) in [5.74, 6) is -0.0743. The second kappa shape index (κ2) is 7.82. The SMILES string of the molecule is COCCNC(=O)CCNC#N. The summed E-state index contributed by atoms with van der Waals surface area (Å²) < 4.78 is 4.74. The van der Waals surface area contributed by atoms with E-state index in [1.807, 2.05) is 0 Å². The third-order valence-corrected chi connectivity index (χ3v) is 1.18. The Bertz CT molecular complexity index is 165. The lowest BCUT2D eigenvalue weighted by molar-refractivity contribution is -0.121. The topological polar surface area (TPSA) is 74.2 Å². The highest BCUT2D eigenvalue weighted by molar-refractivity contribution is 5.76. The van der Waals surface area contributed by atoms with Gasteiger partial charge in [-0.3, -0.25) is 4.79 Å². The summed E-state index contributed by atoms with van der Waals surface area (Å²) in [6.45, 7) is 1.41. The zero-order valence-corrected chi connectivity index (χ0v) is 7.09. The van der Waals surface area contributed by atoms with Gasteiger partial charge in [-0.2, -0.15) is 5.26 Å². The normalized spacial score (nSPS) is 8.67. The molecule has 0 bridgehead atoms. The Kier molecular flexibility index (Phi) is 6.99. The van der Waals surface area contributed by atoms with Crippen LogP contribution in [0.5, 0.6) is 0 Å². The van der Waals surface area contributed by atoms with Gasteiger partial charge in [-0.25, -0.2) is 0 Å². The van der Waals surface area contributed by atoms with Crippen molar-refractivity contribution in [1.29, 1.82) is 5.26 Å². The van der Waals surface area contributed by atoms with Crippen molar-refractivity contribution in [3.05, 3.63) is 0 Å². The van der Waals surface area contributed by atoms with E-state index in [1.165, 1.54) is 0 Å². The zero-order chi connectivity index (χ0) is 9.23. The van der Waals surface area contributed by atoms with E-state index in [-0.39, 0.29) is 5.91 Å². The van der Waals surface area contributed by atoms with E-state index in [0.717, 1.165) is 0 Å². The van der Waals surface area contributed by atoms with E-state index < -0.39 is 0 Å². The quantitative estimate of drug-likeness (QED) is 0.312.